The lowest BCUT2D eigenvalue weighted by atomic mass is 10.0. The first kappa shape index (κ1) is 14.2. The third-order valence-electron chi connectivity index (χ3n) is 3.69. The number of esters is 1. The molecule has 1 aromatic carbocycles. The number of carbonyl (C=O) groups is 2. The number of carbonyl (C=O) groups excluding carboxylic acids is 2. The van der Waals surface area contributed by atoms with Crippen molar-refractivity contribution in [3.05, 3.63) is 52.6 Å². The van der Waals surface area contributed by atoms with Gasteiger partial charge in [0.2, 0.25) is 0 Å². The zero-order valence-corrected chi connectivity index (χ0v) is 11.9. The summed E-state index contributed by atoms with van der Waals surface area (Å²) in [5.74, 6) is -1.05. The van der Waals surface area contributed by atoms with Crippen LogP contribution in [0.15, 0.2) is 24.3 Å². The van der Waals surface area contributed by atoms with Crippen LogP contribution >= 0.6 is 0 Å². The first-order valence-corrected chi connectivity index (χ1v) is 6.79. The number of hydrogen-bond acceptors (Lipinski definition) is 4. The number of aromatic nitrogens is 2. The molecule has 7 heteroatoms. The van der Waals surface area contributed by atoms with Gasteiger partial charge >= 0.3 is 5.97 Å². The molecule has 1 aliphatic heterocycles. The first-order valence-electron chi connectivity index (χ1n) is 6.79. The standard InChI is InChI=1S/C15H14FN3O3/c1-22-15(21)13-11-6-7-19(8-12(11)17-18-13)14(20)9-2-4-10(16)5-3-9/h2-5H,6-8H2,1H3,(H,17,18). The molecule has 0 atom stereocenters. The molecule has 2 heterocycles. The number of nitrogens with zero attached hydrogens (tertiary/aromatic N) is 2. The smallest absolute Gasteiger partial charge is 0.358 e. The van der Waals surface area contributed by atoms with Gasteiger partial charge in [0, 0.05) is 17.7 Å². The first-order chi connectivity index (χ1) is 10.6. The van der Waals surface area contributed by atoms with E-state index < -0.39 is 5.97 Å². The van der Waals surface area contributed by atoms with Gasteiger partial charge in [-0.3, -0.25) is 9.89 Å². The molecule has 1 amide bonds. The second kappa shape index (κ2) is 5.59. The van der Waals surface area contributed by atoms with Crippen molar-refractivity contribution in [2.75, 3.05) is 13.7 Å². The average Bonchev–Trinajstić information content (AvgIpc) is 2.97. The highest BCUT2D eigenvalue weighted by Gasteiger charge is 2.28. The number of fused-ring (bicyclic) bond motifs is 1. The molecule has 1 aliphatic rings. The Hall–Kier alpha value is -2.70. The molecular formula is C15H14FN3O3. The number of nitrogens with one attached hydrogen (secondary N) is 1. The van der Waals surface area contributed by atoms with E-state index in [-0.39, 0.29) is 17.4 Å². The van der Waals surface area contributed by atoms with Crippen molar-refractivity contribution in [3.63, 3.8) is 0 Å². The minimum atomic E-state index is -0.490. The van der Waals surface area contributed by atoms with Crippen LogP contribution in [0.25, 0.3) is 0 Å². The van der Waals surface area contributed by atoms with Gasteiger partial charge < -0.3 is 9.64 Å². The van der Waals surface area contributed by atoms with E-state index in [1.54, 1.807) is 4.90 Å². The molecule has 6 nitrogen and oxygen atoms in total. The zero-order chi connectivity index (χ0) is 15.7. The van der Waals surface area contributed by atoms with Crippen LogP contribution in [0.1, 0.15) is 32.1 Å². The number of rotatable bonds is 2. The van der Waals surface area contributed by atoms with Crippen molar-refractivity contribution < 1.29 is 18.7 Å². The summed E-state index contributed by atoms with van der Waals surface area (Å²) in [6.07, 6.45) is 0.517. The van der Waals surface area contributed by atoms with Crippen LogP contribution < -0.4 is 0 Å². The molecule has 0 bridgehead atoms. The Kier molecular flexibility index (Phi) is 3.62. The number of H-pyrrole nitrogens is 1. The highest BCUT2D eigenvalue weighted by molar-refractivity contribution is 5.94. The second-order valence-corrected chi connectivity index (χ2v) is 5.00. The Labute approximate surface area is 125 Å². The third kappa shape index (κ3) is 2.45. The lowest BCUT2D eigenvalue weighted by molar-refractivity contribution is 0.0592. The number of benzene rings is 1. The van der Waals surface area contributed by atoms with Crippen LogP contribution in [0.3, 0.4) is 0 Å². The molecule has 3 rings (SSSR count). The Morgan fingerprint density at radius 3 is 2.73 bits per heavy atom. The summed E-state index contributed by atoms with van der Waals surface area (Å²) >= 11 is 0. The molecule has 0 saturated heterocycles. The van der Waals surface area contributed by atoms with Crippen LogP contribution in [0.4, 0.5) is 4.39 Å². The molecule has 1 aromatic heterocycles. The third-order valence-corrected chi connectivity index (χ3v) is 3.69. The molecule has 0 aliphatic carbocycles. The summed E-state index contributed by atoms with van der Waals surface area (Å²) in [7, 11) is 1.30. The molecule has 22 heavy (non-hydrogen) atoms. The van der Waals surface area contributed by atoms with Crippen LogP contribution in [0.2, 0.25) is 0 Å². The minimum absolute atomic E-state index is 0.181. The predicted octanol–water partition coefficient (Wildman–Crippen LogP) is 1.53. The molecule has 1 N–H and O–H groups in total. The van der Waals surface area contributed by atoms with E-state index in [0.29, 0.717) is 25.1 Å². The highest BCUT2D eigenvalue weighted by atomic mass is 19.1. The van der Waals surface area contributed by atoms with E-state index in [2.05, 4.69) is 14.9 Å². The summed E-state index contributed by atoms with van der Waals surface area (Å²) in [5, 5.41) is 6.74. The topological polar surface area (TPSA) is 75.3 Å². The van der Waals surface area contributed by atoms with Gasteiger partial charge in [-0.2, -0.15) is 5.10 Å². The molecule has 0 fully saturated rings. The molecular weight excluding hydrogens is 289 g/mol. The van der Waals surface area contributed by atoms with E-state index in [4.69, 9.17) is 0 Å². The van der Waals surface area contributed by atoms with Gasteiger partial charge in [0.1, 0.15) is 5.82 Å². The van der Waals surface area contributed by atoms with Gasteiger partial charge in [-0.05, 0) is 30.7 Å². The van der Waals surface area contributed by atoms with Gasteiger partial charge in [-0.25, -0.2) is 9.18 Å². The van der Waals surface area contributed by atoms with Gasteiger partial charge in [0.25, 0.3) is 5.91 Å². The summed E-state index contributed by atoms with van der Waals surface area (Å²) < 4.78 is 17.6. The number of methoxy groups -OCH3 is 1. The van der Waals surface area contributed by atoms with E-state index in [0.717, 1.165) is 11.3 Å². The second-order valence-electron chi connectivity index (χ2n) is 5.00. The minimum Gasteiger partial charge on any atom is -0.464 e. The monoisotopic (exact) mass is 303 g/mol. The SMILES string of the molecule is COC(=O)c1n[nH]c2c1CCN(C(=O)c1ccc(F)cc1)C2. The lowest BCUT2D eigenvalue weighted by Crippen LogP contribution is -2.36. The van der Waals surface area contributed by atoms with Crippen molar-refractivity contribution in [1.29, 1.82) is 0 Å². The van der Waals surface area contributed by atoms with Crippen LogP contribution in [-0.4, -0.2) is 40.6 Å². The number of aromatic amines is 1. The van der Waals surface area contributed by atoms with Gasteiger partial charge in [-0.15, -0.1) is 0 Å². The van der Waals surface area contributed by atoms with Crippen molar-refractivity contribution in [1.82, 2.24) is 15.1 Å². The number of ether oxygens (including phenoxy) is 1. The highest BCUT2D eigenvalue weighted by Crippen LogP contribution is 2.22. The fourth-order valence-electron chi connectivity index (χ4n) is 2.53. The normalized spacial score (nSPS) is 13.6. The van der Waals surface area contributed by atoms with Crippen LogP contribution in [0.5, 0.6) is 0 Å². The Balaban J connectivity index is 1.80. The van der Waals surface area contributed by atoms with Crippen molar-refractivity contribution in [3.8, 4) is 0 Å². The van der Waals surface area contributed by atoms with Crippen molar-refractivity contribution >= 4 is 11.9 Å². The number of hydrogen-bond donors (Lipinski definition) is 1. The summed E-state index contributed by atoms with van der Waals surface area (Å²) in [6, 6.07) is 5.43. The molecule has 0 saturated carbocycles. The van der Waals surface area contributed by atoms with Crippen molar-refractivity contribution in [2.24, 2.45) is 0 Å². The zero-order valence-electron chi connectivity index (χ0n) is 11.9. The molecule has 2 aromatic rings. The molecule has 0 radical (unpaired) electrons. The number of halogens is 1. The maximum Gasteiger partial charge on any atom is 0.358 e. The van der Waals surface area contributed by atoms with E-state index in [1.807, 2.05) is 0 Å². The average molecular weight is 303 g/mol. The summed E-state index contributed by atoms with van der Waals surface area (Å²) in [4.78, 5) is 25.6. The predicted molar refractivity (Wildman–Crippen MR) is 74.8 cm³/mol. The van der Waals surface area contributed by atoms with E-state index in [1.165, 1.54) is 31.4 Å². The van der Waals surface area contributed by atoms with Gasteiger partial charge in [-0.1, -0.05) is 0 Å². The van der Waals surface area contributed by atoms with Crippen LogP contribution in [-0.2, 0) is 17.7 Å². The van der Waals surface area contributed by atoms with Gasteiger partial charge in [0.15, 0.2) is 5.69 Å². The van der Waals surface area contributed by atoms with E-state index >= 15 is 0 Å². The fourth-order valence-corrected chi connectivity index (χ4v) is 2.53. The van der Waals surface area contributed by atoms with Crippen molar-refractivity contribution in [2.45, 2.75) is 13.0 Å². The summed E-state index contributed by atoms with van der Waals surface area (Å²) in [6.45, 7) is 0.794. The summed E-state index contributed by atoms with van der Waals surface area (Å²) in [5.41, 5.74) is 2.21. The Morgan fingerprint density at radius 2 is 2.05 bits per heavy atom. The lowest BCUT2D eigenvalue weighted by Gasteiger charge is -2.26. The Morgan fingerprint density at radius 1 is 1.32 bits per heavy atom. The number of amides is 1. The molecule has 114 valence electrons. The van der Waals surface area contributed by atoms with Crippen LogP contribution in [0, 0.1) is 5.82 Å². The Bertz CT molecular complexity index is 724. The molecule has 0 spiro atoms. The fraction of sp³-hybridized carbons (Fsp3) is 0.267. The van der Waals surface area contributed by atoms with E-state index in [9.17, 15) is 14.0 Å². The molecule has 0 unspecified atom stereocenters. The quantitative estimate of drug-likeness (QED) is 0.854. The largest absolute Gasteiger partial charge is 0.464 e. The van der Waals surface area contributed by atoms with Gasteiger partial charge in [0.05, 0.1) is 19.3 Å². The maximum absolute atomic E-state index is 12.9. The maximum atomic E-state index is 12.9.